The highest BCUT2D eigenvalue weighted by Gasteiger charge is 2.13. The van der Waals surface area contributed by atoms with Gasteiger partial charge in [0.15, 0.2) is 0 Å². The minimum atomic E-state index is 0.493. The fraction of sp³-hybridized carbons (Fsp3) is 0.0667. The van der Waals surface area contributed by atoms with Gasteiger partial charge in [0.25, 0.3) is 0 Å². The van der Waals surface area contributed by atoms with Crippen molar-refractivity contribution in [2.45, 2.75) is 6.54 Å². The van der Waals surface area contributed by atoms with Gasteiger partial charge in [-0.25, -0.2) is 4.98 Å². The second-order valence-electron chi connectivity index (χ2n) is 4.77. The van der Waals surface area contributed by atoms with Crippen LogP contribution in [0, 0.1) is 0 Å². The molecule has 4 nitrogen and oxygen atoms in total. The molecule has 2 N–H and O–H groups in total. The fourth-order valence-corrected chi connectivity index (χ4v) is 3.61. The van der Waals surface area contributed by atoms with Crippen molar-refractivity contribution in [2.75, 3.05) is 5.73 Å². The van der Waals surface area contributed by atoms with Gasteiger partial charge in [-0.1, -0.05) is 29.8 Å². The van der Waals surface area contributed by atoms with Crippen molar-refractivity contribution >= 4 is 50.8 Å². The van der Waals surface area contributed by atoms with E-state index in [2.05, 4.69) is 9.97 Å². The Balaban J connectivity index is 1.98. The minimum absolute atomic E-state index is 0.493. The number of para-hydroxylation sites is 1. The van der Waals surface area contributed by atoms with Gasteiger partial charge in [-0.2, -0.15) is 0 Å². The molecule has 0 aliphatic heterocycles. The Hall–Kier alpha value is -2.11. The maximum Gasteiger partial charge on any atom is 0.201 e. The molecular formula is C15H11ClN4S. The number of nitrogens with zero attached hydrogens (tertiary/aromatic N) is 3. The van der Waals surface area contributed by atoms with E-state index in [-0.39, 0.29) is 0 Å². The molecule has 0 saturated carbocycles. The van der Waals surface area contributed by atoms with Crippen LogP contribution in [0.4, 0.5) is 5.95 Å². The van der Waals surface area contributed by atoms with E-state index in [1.165, 1.54) is 0 Å². The molecule has 0 bridgehead atoms. The van der Waals surface area contributed by atoms with Gasteiger partial charge in [0.1, 0.15) is 5.52 Å². The van der Waals surface area contributed by atoms with E-state index in [4.69, 9.17) is 17.3 Å². The Bertz CT molecular complexity index is 957. The Labute approximate surface area is 129 Å². The molecule has 0 aliphatic carbocycles. The van der Waals surface area contributed by atoms with Crippen LogP contribution in [0.2, 0.25) is 4.34 Å². The highest BCUT2D eigenvalue weighted by atomic mass is 35.5. The van der Waals surface area contributed by atoms with Gasteiger partial charge >= 0.3 is 0 Å². The predicted molar refractivity (Wildman–Crippen MR) is 87.9 cm³/mol. The molecule has 4 aromatic rings. The third kappa shape index (κ3) is 2.05. The summed E-state index contributed by atoms with van der Waals surface area (Å²) in [6.45, 7) is 0.660. The number of nitrogens with two attached hydrogens (primary N) is 1. The van der Waals surface area contributed by atoms with E-state index in [0.29, 0.717) is 12.5 Å². The third-order valence-corrected chi connectivity index (χ3v) is 4.67. The number of fused-ring (bicyclic) bond motifs is 3. The van der Waals surface area contributed by atoms with E-state index in [1.807, 2.05) is 41.0 Å². The fourth-order valence-electron chi connectivity index (χ4n) is 2.53. The van der Waals surface area contributed by atoms with Crippen LogP contribution in [-0.2, 0) is 6.54 Å². The van der Waals surface area contributed by atoms with Crippen molar-refractivity contribution in [3.63, 3.8) is 0 Å². The van der Waals surface area contributed by atoms with E-state index < -0.39 is 0 Å². The number of thiophene rings is 1. The summed E-state index contributed by atoms with van der Waals surface area (Å²) in [7, 11) is 0. The molecule has 0 saturated heterocycles. The van der Waals surface area contributed by atoms with Gasteiger partial charge < -0.3 is 10.3 Å². The summed E-state index contributed by atoms with van der Waals surface area (Å²) in [5, 5.41) is 1.06. The first-order valence-electron chi connectivity index (χ1n) is 6.46. The van der Waals surface area contributed by atoms with Gasteiger partial charge in [-0.3, -0.25) is 4.98 Å². The van der Waals surface area contributed by atoms with E-state index >= 15 is 0 Å². The summed E-state index contributed by atoms with van der Waals surface area (Å²) < 4.78 is 2.79. The predicted octanol–water partition coefficient (Wildman–Crippen LogP) is 3.93. The number of imidazole rings is 1. The zero-order valence-electron chi connectivity index (χ0n) is 11.0. The number of benzene rings is 1. The Morgan fingerprint density at radius 2 is 2.00 bits per heavy atom. The molecule has 3 heterocycles. The summed E-state index contributed by atoms with van der Waals surface area (Å²) in [6.07, 6.45) is 1.77. The Morgan fingerprint density at radius 1 is 1.14 bits per heavy atom. The second-order valence-corrected chi connectivity index (χ2v) is 6.57. The van der Waals surface area contributed by atoms with Crippen LogP contribution in [0.5, 0.6) is 0 Å². The molecule has 0 atom stereocenters. The lowest BCUT2D eigenvalue weighted by atomic mass is 10.2. The second kappa shape index (κ2) is 4.72. The number of hydrogen-bond acceptors (Lipinski definition) is 4. The highest BCUT2D eigenvalue weighted by molar-refractivity contribution is 7.16. The van der Waals surface area contributed by atoms with Gasteiger partial charge in [0.2, 0.25) is 5.95 Å². The van der Waals surface area contributed by atoms with Crippen LogP contribution in [0.25, 0.3) is 21.9 Å². The maximum atomic E-state index is 6.09. The molecule has 1 aromatic carbocycles. The molecule has 0 radical (unpaired) electrons. The molecule has 0 spiro atoms. The highest BCUT2D eigenvalue weighted by Crippen LogP contribution is 2.28. The van der Waals surface area contributed by atoms with Crippen molar-refractivity contribution in [2.24, 2.45) is 0 Å². The van der Waals surface area contributed by atoms with Gasteiger partial charge in [0, 0.05) is 10.3 Å². The lowest BCUT2D eigenvalue weighted by molar-refractivity contribution is 0.855. The number of anilines is 1. The van der Waals surface area contributed by atoms with Crippen LogP contribution in [0.3, 0.4) is 0 Å². The summed E-state index contributed by atoms with van der Waals surface area (Å²) in [4.78, 5) is 9.99. The topological polar surface area (TPSA) is 56.7 Å². The Morgan fingerprint density at radius 3 is 2.81 bits per heavy atom. The van der Waals surface area contributed by atoms with Gasteiger partial charge in [0.05, 0.1) is 28.1 Å². The number of rotatable bonds is 2. The molecular weight excluding hydrogens is 304 g/mol. The monoisotopic (exact) mass is 314 g/mol. The molecule has 0 fully saturated rings. The first kappa shape index (κ1) is 12.6. The van der Waals surface area contributed by atoms with Crippen molar-refractivity contribution in [1.29, 1.82) is 0 Å². The lowest BCUT2D eigenvalue weighted by Crippen LogP contribution is -2.03. The smallest absolute Gasteiger partial charge is 0.201 e. The van der Waals surface area contributed by atoms with Crippen LogP contribution in [-0.4, -0.2) is 14.5 Å². The average Bonchev–Trinajstić information content (AvgIpc) is 3.03. The molecule has 3 aromatic heterocycles. The minimum Gasteiger partial charge on any atom is -0.369 e. The zero-order chi connectivity index (χ0) is 14.4. The van der Waals surface area contributed by atoms with Crippen LogP contribution in [0.1, 0.15) is 4.88 Å². The van der Waals surface area contributed by atoms with E-state index in [9.17, 15) is 0 Å². The molecule has 104 valence electrons. The van der Waals surface area contributed by atoms with Gasteiger partial charge in [-0.05, 0) is 18.2 Å². The van der Waals surface area contributed by atoms with Crippen molar-refractivity contribution in [3.05, 3.63) is 51.8 Å². The molecule has 0 aliphatic rings. The Kier molecular flexibility index (Phi) is 2.83. The molecule has 0 amide bonds. The average molecular weight is 315 g/mol. The molecule has 6 heteroatoms. The summed E-state index contributed by atoms with van der Waals surface area (Å²) in [6, 6.07) is 11.9. The lowest BCUT2D eigenvalue weighted by Gasteiger charge is -2.06. The van der Waals surface area contributed by atoms with Crippen LogP contribution >= 0.6 is 22.9 Å². The quantitative estimate of drug-likeness (QED) is 0.610. The van der Waals surface area contributed by atoms with E-state index in [1.54, 1.807) is 17.5 Å². The number of aromatic nitrogens is 3. The maximum absolute atomic E-state index is 6.09. The first-order valence-corrected chi connectivity index (χ1v) is 7.65. The first-order chi connectivity index (χ1) is 10.2. The summed E-state index contributed by atoms with van der Waals surface area (Å²) >= 11 is 7.56. The van der Waals surface area contributed by atoms with E-state index in [0.717, 1.165) is 31.1 Å². The standard InChI is InChI=1S/C15H11ClN4S/c16-13-6-5-9(21-13)8-20-14-10-3-1-2-4-11(10)18-7-12(14)19-15(20)17/h1-7H,8H2,(H2,17,19). The van der Waals surface area contributed by atoms with Crippen molar-refractivity contribution < 1.29 is 0 Å². The number of pyridine rings is 1. The SMILES string of the molecule is Nc1nc2cnc3ccccc3c2n1Cc1ccc(Cl)s1. The largest absolute Gasteiger partial charge is 0.369 e. The van der Waals surface area contributed by atoms with Crippen molar-refractivity contribution in [1.82, 2.24) is 14.5 Å². The van der Waals surface area contributed by atoms with Crippen molar-refractivity contribution in [3.8, 4) is 0 Å². The summed E-state index contributed by atoms with van der Waals surface area (Å²) in [5.41, 5.74) is 8.86. The van der Waals surface area contributed by atoms with Crippen LogP contribution < -0.4 is 5.73 Å². The molecule has 21 heavy (non-hydrogen) atoms. The third-order valence-electron chi connectivity index (χ3n) is 3.45. The zero-order valence-corrected chi connectivity index (χ0v) is 12.5. The normalized spacial score (nSPS) is 11.5. The summed E-state index contributed by atoms with van der Waals surface area (Å²) in [5.74, 6) is 0.493. The number of halogens is 1. The van der Waals surface area contributed by atoms with Crippen LogP contribution in [0.15, 0.2) is 42.6 Å². The molecule has 0 unspecified atom stereocenters. The van der Waals surface area contributed by atoms with Gasteiger partial charge in [-0.15, -0.1) is 11.3 Å². The number of nitrogen functional groups attached to an aromatic ring is 1. The molecule has 4 rings (SSSR count). The number of hydrogen-bond donors (Lipinski definition) is 1.